The molecule has 0 saturated carbocycles. The topological polar surface area (TPSA) is 108 Å². The molecule has 0 unspecified atom stereocenters. The quantitative estimate of drug-likeness (QED) is 0.763. The van der Waals surface area contributed by atoms with Crippen LogP contribution in [-0.2, 0) is 16.1 Å². The number of nitrogens with one attached hydrogen (secondary N) is 1. The highest BCUT2D eigenvalue weighted by Crippen LogP contribution is 2.06. The fraction of sp³-hybridized carbons (Fsp3) is 0.500. The number of aromatic nitrogens is 2. The van der Waals surface area contributed by atoms with Gasteiger partial charge in [0.05, 0.1) is 11.9 Å². The summed E-state index contributed by atoms with van der Waals surface area (Å²) in [5.74, 6) is -1.21. The van der Waals surface area contributed by atoms with Crippen molar-refractivity contribution in [3.05, 3.63) is 12.4 Å². The van der Waals surface area contributed by atoms with Crippen LogP contribution in [0.1, 0.15) is 6.92 Å². The van der Waals surface area contributed by atoms with Gasteiger partial charge in [0.25, 0.3) is 0 Å². The van der Waals surface area contributed by atoms with Gasteiger partial charge >= 0.3 is 12.0 Å². The van der Waals surface area contributed by atoms with Gasteiger partial charge in [0.2, 0.25) is 5.91 Å². The molecule has 0 fully saturated rings. The van der Waals surface area contributed by atoms with Crippen molar-refractivity contribution in [3.8, 4) is 0 Å². The van der Waals surface area contributed by atoms with E-state index in [9.17, 15) is 14.4 Å². The van der Waals surface area contributed by atoms with Crippen LogP contribution < -0.4 is 5.32 Å². The van der Waals surface area contributed by atoms with E-state index in [1.807, 2.05) is 0 Å². The minimum Gasteiger partial charge on any atom is -0.480 e. The Kier molecular flexibility index (Phi) is 5.70. The molecule has 0 aliphatic rings. The maximum Gasteiger partial charge on any atom is 0.325 e. The number of carbonyl (C=O) groups excluding carboxylic acids is 2. The zero-order valence-corrected chi connectivity index (χ0v) is 12.2. The third-order valence-corrected chi connectivity index (χ3v) is 2.68. The summed E-state index contributed by atoms with van der Waals surface area (Å²) in [7, 11) is 3.23. The molecule has 0 spiro atoms. The summed E-state index contributed by atoms with van der Waals surface area (Å²) in [6, 6.07) is -0.442. The van der Waals surface area contributed by atoms with E-state index in [2.05, 4.69) is 10.4 Å². The summed E-state index contributed by atoms with van der Waals surface area (Å²) in [4.78, 5) is 36.9. The smallest absolute Gasteiger partial charge is 0.325 e. The molecule has 3 amide bonds. The Bertz CT molecular complexity index is 525. The van der Waals surface area contributed by atoms with Gasteiger partial charge in [0.15, 0.2) is 0 Å². The van der Waals surface area contributed by atoms with Crippen LogP contribution in [0.15, 0.2) is 12.4 Å². The number of carboxylic acid groups (broad SMARTS) is 1. The number of hydrogen-bond acceptors (Lipinski definition) is 4. The van der Waals surface area contributed by atoms with E-state index in [0.717, 1.165) is 0 Å². The molecule has 0 radical (unpaired) electrons. The standard InChI is InChI=1S/C12H19N5O4/c1-4-16(7-10(18)15(2)3)12(21)14-9-5-13-17(6-9)8-11(19)20/h5-6H,4,7-8H2,1-3H3,(H,14,21)(H,19,20). The lowest BCUT2D eigenvalue weighted by atomic mass is 10.4. The molecule has 0 atom stereocenters. The molecule has 0 aliphatic heterocycles. The van der Waals surface area contributed by atoms with E-state index in [1.165, 1.54) is 26.9 Å². The molecule has 1 aromatic heterocycles. The van der Waals surface area contributed by atoms with Gasteiger partial charge in [-0.15, -0.1) is 0 Å². The van der Waals surface area contributed by atoms with Crippen molar-refractivity contribution in [2.24, 2.45) is 0 Å². The van der Waals surface area contributed by atoms with Crippen molar-refractivity contribution in [1.29, 1.82) is 0 Å². The molecule has 9 heteroatoms. The third-order valence-electron chi connectivity index (χ3n) is 2.68. The molecular formula is C12H19N5O4. The first-order chi connectivity index (χ1) is 9.83. The average molecular weight is 297 g/mol. The first-order valence-corrected chi connectivity index (χ1v) is 6.33. The maximum atomic E-state index is 12.0. The van der Waals surface area contributed by atoms with Crippen LogP contribution in [0.2, 0.25) is 0 Å². The van der Waals surface area contributed by atoms with Crippen LogP contribution in [0.3, 0.4) is 0 Å². The number of urea groups is 1. The Morgan fingerprint density at radius 3 is 2.57 bits per heavy atom. The highest BCUT2D eigenvalue weighted by molar-refractivity contribution is 5.92. The van der Waals surface area contributed by atoms with Crippen molar-refractivity contribution in [1.82, 2.24) is 19.6 Å². The van der Waals surface area contributed by atoms with Gasteiger partial charge < -0.3 is 20.2 Å². The van der Waals surface area contributed by atoms with Crippen molar-refractivity contribution < 1.29 is 19.5 Å². The molecule has 0 aliphatic carbocycles. The van der Waals surface area contributed by atoms with Gasteiger partial charge in [0, 0.05) is 26.8 Å². The van der Waals surface area contributed by atoms with Crippen LogP contribution in [0.4, 0.5) is 10.5 Å². The summed E-state index contributed by atoms with van der Waals surface area (Å²) in [5, 5.41) is 15.0. The fourth-order valence-corrected chi connectivity index (χ4v) is 1.49. The van der Waals surface area contributed by atoms with Gasteiger partial charge in [0.1, 0.15) is 13.1 Å². The number of likely N-dealkylation sites (N-methyl/N-ethyl adjacent to an activating group) is 2. The molecular weight excluding hydrogens is 278 g/mol. The molecule has 21 heavy (non-hydrogen) atoms. The largest absolute Gasteiger partial charge is 0.480 e. The summed E-state index contributed by atoms with van der Waals surface area (Å²) >= 11 is 0. The first-order valence-electron chi connectivity index (χ1n) is 6.33. The average Bonchev–Trinajstić information content (AvgIpc) is 2.81. The number of anilines is 1. The Balaban J connectivity index is 2.63. The van der Waals surface area contributed by atoms with E-state index >= 15 is 0 Å². The van der Waals surface area contributed by atoms with Crippen molar-refractivity contribution in [2.45, 2.75) is 13.5 Å². The fourth-order valence-electron chi connectivity index (χ4n) is 1.49. The lowest BCUT2D eigenvalue weighted by Gasteiger charge is -2.22. The van der Waals surface area contributed by atoms with E-state index < -0.39 is 12.0 Å². The minimum atomic E-state index is -1.03. The molecule has 9 nitrogen and oxygen atoms in total. The number of amides is 3. The summed E-state index contributed by atoms with van der Waals surface area (Å²) < 4.78 is 1.19. The number of nitrogens with zero attached hydrogens (tertiary/aromatic N) is 4. The minimum absolute atomic E-state index is 0.0292. The van der Waals surface area contributed by atoms with Crippen LogP contribution >= 0.6 is 0 Å². The van der Waals surface area contributed by atoms with E-state index in [0.29, 0.717) is 12.2 Å². The number of carboxylic acids is 1. The molecule has 0 bridgehead atoms. The second-order valence-electron chi connectivity index (χ2n) is 4.55. The van der Waals surface area contributed by atoms with E-state index in [1.54, 1.807) is 21.0 Å². The number of carbonyl (C=O) groups is 3. The number of aliphatic carboxylic acids is 1. The number of hydrogen-bond donors (Lipinski definition) is 2. The normalized spacial score (nSPS) is 10.0. The van der Waals surface area contributed by atoms with Gasteiger partial charge in [-0.05, 0) is 6.92 Å². The molecule has 1 rings (SSSR count). The van der Waals surface area contributed by atoms with E-state index in [-0.39, 0.29) is 19.0 Å². The maximum absolute atomic E-state index is 12.0. The van der Waals surface area contributed by atoms with Crippen LogP contribution in [-0.4, -0.2) is 69.8 Å². The lowest BCUT2D eigenvalue weighted by molar-refractivity contribution is -0.138. The van der Waals surface area contributed by atoms with Crippen molar-refractivity contribution >= 4 is 23.6 Å². The molecule has 116 valence electrons. The van der Waals surface area contributed by atoms with Gasteiger partial charge in [-0.25, -0.2) is 4.79 Å². The monoisotopic (exact) mass is 297 g/mol. The summed E-state index contributed by atoms with van der Waals surface area (Å²) in [6.45, 7) is 1.82. The van der Waals surface area contributed by atoms with Crippen LogP contribution in [0.25, 0.3) is 0 Å². The first kappa shape index (κ1) is 16.5. The van der Waals surface area contributed by atoms with E-state index in [4.69, 9.17) is 5.11 Å². The Morgan fingerprint density at radius 1 is 1.38 bits per heavy atom. The van der Waals surface area contributed by atoms with Gasteiger partial charge in [-0.2, -0.15) is 5.10 Å². The molecule has 2 N–H and O–H groups in total. The predicted octanol–water partition coefficient (Wildman–Crippen LogP) is -0.0903. The highest BCUT2D eigenvalue weighted by atomic mass is 16.4. The molecule has 1 heterocycles. The Hall–Kier alpha value is -2.58. The second-order valence-corrected chi connectivity index (χ2v) is 4.55. The van der Waals surface area contributed by atoms with Crippen LogP contribution in [0.5, 0.6) is 0 Å². The molecule has 1 aromatic rings. The zero-order chi connectivity index (χ0) is 16.0. The predicted molar refractivity (Wildman–Crippen MR) is 74.8 cm³/mol. The van der Waals surface area contributed by atoms with Crippen LogP contribution in [0, 0.1) is 0 Å². The Labute approximate surface area is 122 Å². The lowest BCUT2D eigenvalue weighted by Crippen LogP contribution is -2.42. The van der Waals surface area contributed by atoms with Gasteiger partial charge in [-0.1, -0.05) is 0 Å². The molecule has 0 saturated heterocycles. The second kappa shape index (κ2) is 7.27. The van der Waals surface area contributed by atoms with Crippen molar-refractivity contribution in [3.63, 3.8) is 0 Å². The highest BCUT2D eigenvalue weighted by Gasteiger charge is 2.17. The Morgan fingerprint density at radius 2 is 2.05 bits per heavy atom. The third kappa shape index (κ3) is 5.13. The van der Waals surface area contributed by atoms with Gasteiger partial charge in [-0.3, -0.25) is 14.3 Å². The summed E-state index contributed by atoms with van der Waals surface area (Å²) in [6.07, 6.45) is 2.76. The summed E-state index contributed by atoms with van der Waals surface area (Å²) in [5.41, 5.74) is 0.372. The zero-order valence-electron chi connectivity index (χ0n) is 12.2. The molecule has 0 aromatic carbocycles. The SMILES string of the molecule is CCN(CC(=O)N(C)C)C(=O)Nc1cnn(CC(=O)O)c1. The van der Waals surface area contributed by atoms with Crippen molar-refractivity contribution in [2.75, 3.05) is 32.5 Å². The number of rotatable bonds is 6.